The first-order valence-corrected chi connectivity index (χ1v) is 6.62. The zero-order chi connectivity index (χ0) is 13.0. The Morgan fingerprint density at radius 2 is 2.06 bits per heavy atom. The van der Waals surface area contributed by atoms with E-state index in [1.807, 2.05) is 19.1 Å². The van der Waals surface area contributed by atoms with E-state index in [-0.39, 0.29) is 5.78 Å². The van der Waals surface area contributed by atoms with Gasteiger partial charge in [0.1, 0.15) is 5.75 Å². The van der Waals surface area contributed by atoms with Crippen LogP contribution >= 0.6 is 15.9 Å². The molecule has 3 heteroatoms. The molecule has 0 spiro atoms. The van der Waals surface area contributed by atoms with Gasteiger partial charge in [0, 0.05) is 10.9 Å². The SMILES string of the molecule is COc1cc(C)c(Br)cc1C(=O)CCC(C)C. The first kappa shape index (κ1) is 14.2. The summed E-state index contributed by atoms with van der Waals surface area (Å²) in [4.78, 5) is 12.1. The number of hydrogen-bond acceptors (Lipinski definition) is 2. The molecule has 0 bridgehead atoms. The molecule has 94 valence electrons. The Labute approximate surface area is 111 Å². The van der Waals surface area contributed by atoms with E-state index in [9.17, 15) is 4.79 Å². The molecule has 17 heavy (non-hydrogen) atoms. The van der Waals surface area contributed by atoms with Crippen LogP contribution in [0.4, 0.5) is 0 Å². The second kappa shape index (κ2) is 6.20. The Morgan fingerprint density at radius 1 is 1.41 bits per heavy atom. The fraction of sp³-hybridized carbons (Fsp3) is 0.500. The molecule has 0 aliphatic rings. The van der Waals surface area contributed by atoms with Crippen LogP contribution in [0.1, 0.15) is 42.6 Å². The highest BCUT2D eigenvalue weighted by molar-refractivity contribution is 9.10. The van der Waals surface area contributed by atoms with Crippen LogP contribution in [-0.4, -0.2) is 12.9 Å². The zero-order valence-electron chi connectivity index (χ0n) is 10.8. The van der Waals surface area contributed by atoms with Crippen LogP contribution in [0.5, 0.6) is 5.75 Å². The summed E-state index contributed by atoms with van der Waals surface area (Å²) < 4.78 is 6.22. The summed E-state index contributed by atoms with van der Waals surface area (Å²) in [6.07, 6.45) is 1.48. The number of hydrogen-bond donors (Lipinski definition) is 0. The molecular weight excluding hydrogens is 280 g/mol. The van der Waals surface area contributed by atoms with Crippen molar-refractivity contribution in [3.05, 3.63) is 27.7 Å². The van der Waals surface area contributed by atoms with Gasteiger partial charge in [-0.05, 0) is 37.0 Å². The third-order valence-electron chi connectivity index (χ3n) is 2.73. The van der Waals surface area contributed by atoms with E-state index < -0.39 is 0 Å². The molecule has 0 N–H and O–H groups in total. The first-order chi connectivity index (χ1) is 7.95. The Morgan fingerprint density at radius 3 is 2.59 bits per heavy atom. The average molecular weight is 299 g/mol. The molecule has 0 amide bonds. The van der Waals surface area contributed by atoms with E-state index in [1.54, 1.807) is 7.11 Å². The number of rotatable bonds is 5. The fourth-order valence-electron chi connectivity index (χ4n) is 1.60. The van der Waals surface area contributed by atoms with Gasteiger partial charge in [-0.2, -0.15) is 0 Å². The van der Waals surface area contributed by atoms with Crippen LogP contribution in [0.2, 0.25) is 0 Å². The maximum atomic E-state index is 12.1. The summed E-state index contributed by atoms with van der Waals surface area (Å²) in [5, 5.41) is 0. The molecular formula is C14H19BrO2. The third-order valence-corrected chi connectivity index (χ3v) is 3.58. The minimum absolute atomic E-state index is 0.149. The van der Waals surface area contributed by atoms with E-state index in [2.05, 4.69) is 29.8 Å². The molecule has 0 saturated carbocycles. The summed E-state index contributed by atoms with van der Waals surface area (Å²) in [6.45, 7) is 6.22. The summed E-state index contributed by atoms with van der Waals surface area (Å²) in [7, 11) is 1.60. The first-order valence-electron chi connectivity index (χ1n) is 5.83. The number of ketones is 1. The smallest absolute Gasteiger partial charge is 0.166 e. The van der Waals surface area contributed by atoms with Gasteiger partial charge < -0.3 is 4.74 Å². The lowest BCUT2D eigenvalue weighted by atomic mass is 10.00. The van der Waals surface area contributed by atoms with Crippen LogP contribution < -0.4 is 4.74 Å². The van der Waals surface area contributed by atoms with Crippen LogP contribution in [-0.2, 0) is 0 Å². The summed E-state index contributed by atoms with van der Waals surface area (Å²) in [6, 6.07) is 3.75. The highest BCUT2D eigenvalue weighted by Gasteiger charge is 2.14. The molecule has 1 aromatic carbocycles. The van der Waals surface area contributed by atoms with Crippen LogP contribution in [0.25, 0.3) is 0 Å². The predicted molar refractivity (Wildman–Crippen MR) is 73.8 cm³/mol. The second-order valence-electron chi connectivity index (χ2n) is 4.66. The number of benzene rings is 1. The van der Waals surface area contributed by atoms with Crippen molar-refractivity contribution in [2.24, 2.45) is 5.92 Å². The Balaban J connectivity index is 2.96. The van der Waals surface area contributed by atoms with Gasteiger partial charge in [-0.1, -0.05) is 29.8 Å². The summed E-state index contributed by atoms with van der Waals surface area (Å²) in [5.74, 6) is 1.36. The maximum Gasteiger partial charge on any atom is 0.166 e. The van der Waals surface area contributed by atoms with E-state index in [4.69, 9.17) is 4.74 Å². The lowest BCUT2D eigenvalue weighted by molar-refractivity contribution is 0.0972. The fourth-order valence-corrected chi connectivity index (χ4v) is 1.94. The van der Waals surface area contributed by atoms with Crippen molar-refractivity contribution >= 4 is 21.7 Å². The second-order valence-corrected chi connectivity index (χ2v) is 5.51. The molecule has 1 rings (SSSR count). The lowest BCUT2D eigenvalue weighted by Gasteiger charge is -2.11. The van der Waals surface area contributed by atoms with E-state index >= 15 is 0 Å². The number of ether oxygens (including phenoxy) is 1. The standard InChI is InChI=1S/C14H19BrO2/c1-9(2)5-6-13(16)11-8-12(15)10(3)7-14(11)17-4/h7-9H,5-6H2,1-4H3. The van der Waals surface area contributed by atoms with Gasteiger partial charge in [-0.15, -0.1) is 0 Å². The normalized spacial score (nSPS) is 10.7. The Kier molecular flexibility index (Phi) is 5.19. The van der Waals surface area contributed by atoms with Gasteiger partial charge in [-0.3, -0.25) is 4.79 Å². The van der Waals surface area contributed by atoms with E-state index in [0.717, 1.165) is 16.5 Å². The quantitative estimate of drug-likeness (QED) is 0.754. The number of Topliss-reactive ketones (excluding diaryl/α,β-unsaturated/α-hetero) is 1. The average Bonchev–Trinajstić information content (AvgIpc) is 2.28. The molecule has 0 aliphatic heterocycles. The minimum Gasteiger partial charge on any atom is -0.496 e. The number of methoxy groups -OCH3 is 1. The van der Waals surface area contributed by atoms with Crippen molar-refractivity contribution in [2.75, 3.05) is 7.11 Å². The molecule has 0 radical (unpaired) electrons. The topological polar surface area (TPSA) is 26.3 Å². The number of carbonyl (C=O) groups excluding carboxylic acids is 1. The number of carbonyl (C=O) groups is 1. The van der Waals surface area contributed by atoms with Gasteiger partial charge in [0.25, 0.3) is 0 Å². The van der Waals surface area contributed by atoms with E-state index in [1.165, 1.54) is 0 Å². The van der Waals surface area contributed by atoms with Gasteiger partial charge in [0.15, 0.2) is 5.78 Å². The lowest BCUT2D eigenvalue weighted by Crippen LogP contribution is -2.04. The van der Waals surface area contributed by atoms with Crippen molar-refractivity contribution < 1.29 is 9.53 Å². The molecule has 0 fully saturated rings. The molecule has 0 unspecified atom stereocenters. The van der Waals surface area contributed by atoms with Crippen molar-refractivity contribution in [1.29, 1.82) is 0 Å². The molecule has 1 aromatic rings. The molecule has 0 saturated heterocycles. The largest absolute Gasteiger partial charge is 0.496 e. The number of halogens is 1. The summed E-state index contributed by atoms with van der Waals surface area (Å²) >= 11 is 3.45. The van der Waals surface area contributed by atoms with Crippen molar-refractivity contribution in [2.45, 2.75) is 33.6 Å². The molecule has 0 heterocycles. The monoisotopic (exact) mass is 298 g/mol. The molecule has 0 aromatic heterocycles. The van der Waals surface area contributed by atoms with Gasteiger partial charge in [0.05, 0.1) is 12.7 Å². The highest BCUT2D eigenvalue weighted by atomic mass is 79.9. The van der Waals surface area contributed by atoms with Crippen LogP contribution in [0.15, 0.2) is 16.6 Å². The van der Waals surface area contributed by atoms with Crippen LogP contribution in [0, 0.1) is 12.8 Å². The van der Waals surface area contributed by atoms with Crippen molar-refractivity contribution in [3.63, 3.8) is 0 Å². The van der Waals surface area contributed by atoms with Gasteiger partial charge >= 0.3 is 0 Å². The zero-order valence-corrected chi connectivity index (χ0v) is 12.4. The van der Waals surface area contributed by atoms with Crippen molar-refractivity contribution in [1.82, 2.24) is 0 Å². The molecule has 0 atom stereocenters. The summed E-state index contributed by atoms with van der Waals surface area (Å²) in [5.41, 5.74) is 1.74. The van der Waals surface area contributed by atoms with Gasteiger partial charge in [0.2, 0.25) is 0 Å². The third kappa shape index (κ3) is 3.84. The predicted octanol–water partition coefficient (Wildman–Crippen LogP) is 4.39. The minimum atomic E-state index is 0.149. The highest BCUT2D eigenvalue weighted by Crippen LogP contribution is 2.28. The van der Waals surface area contributed by atoms with Crippen LogP contribution in [0.3, 0.4) is 0 Å². The molecule has 0 aliphatic carbocycles. The Hall–Kier alpha value is -0.830. The molecule has 2 nitrogen and oxygen atoms in total. The van der Waals surface area contributed by atoms with Gasteiger partial charge in [-0.25, -0.2) is 0 Å². The maximum absolute atomic E-state index is 12.1. The van der Waals surface area contributed by atoms with Crippen molar-refractivity contribution in [3.8, 4) is 5.75 Å². The number of aryl methyl sites for hydroxylation is 1. The Bertz CT molecular complexity index is 411. The van der Waals surface area contributed by atoms with E-state index in [0.29, 0.717) is 23.7 Å².